The minimum absolute atomic E-state index is 0.168. The predicted molar refractivity (Wildman–Crippen MR) is 42.2 cm³/mol. The minimum atomic E-state index is -2.84. The number of halogens is 2. The number of alkyl halides is 2. The zero-order valence-electron chi connectivity index (χ0n) is 6.53. The normalized spacial score (nSPS) is 25.0. The topological polar surface area (TPSA) is 61.9 Å². The Morgan fingerprint density at radius 1 is 1.67 bits per heavy atom. The molecule has 0 aromatic rings. The van der Waals surface area contributed by atoms with Gasteiger partial charge in [0.2, 0.25) is 0 Å². The highest BCUT2D eigenvalue weighted by Gasteiger charge is 2.36. The van der Waals surface area contributed by atoms with E-state index in [2.05, 4.69) is 5.32 Å². The van der Waals surface area contributed by atoms with Gasteiger partial charge in [-0.05, 0) is 6.42 Å². The van der Waals surface area contributed by atoms with Crippen molar-refractivity contribution in [3.63, 3.8) is 0 Å². The number of piperidine rings is 1. The first-order valence-electron chi connectivity index (χ1n) is 3.70. The van der Waals surface area contributed by atoms with Gasteiger partial charge >= 0.3 is 0 Å². The van der Waals surface area contributed by atoms with Gasteiger partial charge in [0, 0.05) is 19.0 Å². The molecule has 68 valence electrons. The standard InChI is InChI=1S/C7H11F2N3/c8-7(9)2-1-3-12-5(7)4-6(10)11/h4,12H,1-3H2,(H3,10,11)/b5-4-. The summed E-state index contributed by atoms with van der Waals surface area (Å²) in [4.78, 5) is 0. The smallest absolute Gasteiger partial charge is 0.287 e. The lowest BCUT2D eigenvalue weighted by atomic mass is 10.1. The summed E-state index contributed by atoms with van der Waals surface area (Å²) in [5.41, 5.74) is 4.74. The number of allylic oxidation sites excluding steroid dienone is 1. The molecule has 0 unspecified atom stereocenters. The summed E-state index contributed by atoms with van der Waals surface area (Å²) >= 11 is 0. The van der Waals surface area contributed by atoms with E-state index in [9.17, 15) is 8.78 Å². The van der Waals surface area contributed by atoms with Gasteiger partial charge in [0.15, 0.2) is 0 Å². The van der Waals surface area contributed by atoms with Crippen LogP contribution in [-0.2, 0) is 0 Å². The van der Waals surface area contributed by atoms with Crippen molar-refractivity contribution in [3.8, 4) is 0 Å². The van der Waals surface area contributed by atoms with Gasteiger partial charge in [0.1, 0.15) is 5.84 Å². The van der Waals surface area contributed by atoms with Crippen LogP contribution >= 0.6 is 0 Å². The molecule has 5 heteroatoms. The van der Waals surface area contributed by atoms with Crippen LogP contribution in [0.4, 0.5) is 8.78 Å². The van der Waals surface area contributed by atoms with E-state index in [1.807, 2.05) is 0 Å². The molecular weight excluding hydrogens is 164 g/mol. The van der Waals surface area contributed by atoms with Crippen LogP contribution in [0.15, 0.2) is 11.8 Å². The molecule has 4 N–H and O–H groups in total. The Labute approximate surface area is 69.1 Å². The van der Waals surface area contributed by atoms with E-state index in [0.717, 1.165) is 6.08 Å². The van der Waals surface area contributed by atoms with Crippen molar-refractivity contribution in [2.45, 2.75) is 18.8 Å². The molecule has 0 amide bonds. The third-order valence-electron chi connectivity index (χ3n) is 1.68. The van der Waals surface area contributed by atoms with Gasteiger partial charge in [-0.3, -0.25) is 5.41 Å². The summed E-state index contributed by atoms with van der Waals surface area (Å²) in [6, 6.07) is 0. The van der Waals surface area contributed by atoms with Crippen LogP contribution in [-0.4, -0.2) is 18.3 Å². The van der Waals surface area contributed by atoms with Gasteiger partial charge in [-0.25, -0.2) is 0 Å². The van der Waals surface area contributed by atoms with Crippen molar-refractivity contribution in [2.75, 3.05) is 6.54 Å². The van der Waals surface area contributed by atoms with E-state index in [1.54, 1.807) is 0 Å². The van der Waals surface area contributed by atoms with E-state index in [-0.39, 0.29) is 18.0 Å². The predicted octanol–water partition coefficient (Wildman–Crippen LogP) is 0.825. The largest absolute Gasteiger partial charge is 0.384 e. The summed E-state index contributed by atoms with van der Waals surface area (Å²) in [5.74, 6) is -3.19. The molecule has 0 radical (unpaired) electrons. The van der Waals surface area contributed by atoms with Gasteiger partial charge in [-0.15, -0.1) is 0 Å². The number of hydrogen-bond donors (Lipinski definition) is 3. The molecule has 0 aromatic carbocycles. The lowest BCUT2D eigenvalue weighted by Crippen LogP contribution is -2.37. The molecule has 12 heavy (non-hydrogen) atoms. The third-order valence-corrected chi connectivity index (χ3v) is 1.68. The SMILES string of the molecule is N=C(N)/C=C1\NCCCC1(F)F. The minimum Gasteiger partial charge on any atom is -0.384 e. The molecular formula is C7H11F2N3. The molecule has 0 aromatic heterocycles. The van der Waals surface area contributed by atoms with Crippen molar-refractivity contribution in [2.24, 2.45) is 5.73 Å². The number of hydrogen-bond acceptors (Lipinski definition) is 2. The monoisotopic (exact) mass is 175 g/mol. The molecule has 1 aliphatic rings. The second-order valence-electron chi connectivity index (χ2n) is 2.75. The highest BCUT2D eigenvalue weighted by atomic mass is 19.3. The summed E-state index contributed by atoms with van der Waals surface area (Å²) in [6.07, 6.45) is 1.25. The zero-order valence-corrected chi connectivity index (χ0v) is 6.53. The lowest BCUT2D eigenvalue weighted by Gasteiger charge is -2.26. The van der Waals surface area contributed by atoms with Crippen molar-refractivity contribution < 1.29 is 8.78 Å². The van der Waals surface area contributed by atoms with Gasteiger partial charge < -0.3 is 11.1 Å². The fraction of sp³-hybridized carbons (Fsp3) is 0.571. The molecule has 0 spiro atoms. The Kier molecular flexibility index (Phi) is 2.30. The maximum absolute atomic E-state index is 12.9. The van der Waals surface area contributed by atoms with Crippen LogP contribution in [0.25, 0.3) is 0 Å². The second kappa shape index (κ2) is 3.08. The first kappa shape index (κ1) is 8.96. The Morgan fingerprint density at radius 2 is 2.33 bits per heavy atom. The van der Waals surface area contributed by atoms with Crippen LogP contribution < -0.4 is 11.1 Å². The number of nitrogens with two attached hydrogens (primary N) is 1. The number of amidine groups is 1. The maximum atomic E-state index is 12.9. The van der Waals surface area contributed by atoms with Gasteiger partial charge in [-0.2, -0.15) is 8.78 Å². The molecule has 0 aliphatic carbocycles. The molecule has 1 fully saturated rings. The van der Waals surface area contributed by atoms with Crippen molar-refractivity contribution in [3.05, 3.63) is 11.8 Å². The van der Waals surface area contributed by atoms with Crippen LogP contribution in [0.3, 0.4) is 0 Å². The summed E-state index contributed by atoms with van der Waals surface area (Å²) < 4.78 is 25.9. The fourth-order valence-electron chi connectivity index (χ4n) is 1.11. The second-order valence-corrected chi connectivity index (χ2v) is 2.75. The molecule has 0 saturated carbocycles. The van der Waals surface area contributed by atoms with Crippen LogP contribution in [0, 0.1) is 5.41 Å². The zero-order chi connectivity index (χ0) is 9.19. The fourth-order valence-corrected chi connectivity index (χ4v) is 1.11. The molecule has 1 rings (SSSR count). The number of rotatable bonds is 1. The van der Waals surface area contributed by atoms with Gasteiger partial charge in [-0.1, -0.05) is 0 Å². The first-order chi connectivity index (χ1) is 5.52. The van der Waals surface area contributed by atoms with E-state index in [1.165, 1.54) is 0 Å². The summed E-state index contributed by atoms with van der Waals surface area (Å²) in [7, 11) is 0. The average molecular weight is 175 g/mol. The van der Waals surface area contributed by atoms with Gasteiger partial charge in [0.05, 0.1) is 5.70 Å². The van der Waals surface area contributed by atoms with Crippen LogP contribution in [0.2, 0.25) is 0 Å². The molecule has 1 saturated heterocycles. The van der Waals surface area contributed by atoms with Crippen molar-refractivity contribution in [1.29, 1.82) is 5.41 Å². The first-order valence-corrected chi connectivity index (χ1v) is 3.70. The van der Waals surface area contributed by atoms with E-state index in [0.29, 0.717) is 13.0 Å². The quantitative estimate of drug-likeness (QED) is 0.408. The van der Waals surface area contributed by atoms with Crippen molar-refractivity contribution in [1.82, 2.24) is 5.32 Å². The average Bonchev–Trinajstić information content (AvgIpc) is 1.92. The summed E-state index contributed by atoms with van der Waals surface area (Å²) in [6.45, 7) is 0.523. The highest BCUT2D eigenvalue weighted by Crippen LogP contribution is 2.30. The Bertz CT molecular complexity index is 223. The van der Waals surface area contributed by atoms with Crippen LogP contribution in [0.1, 0.15) is 12.8 Å². The molecule has 1 heterocycles. The molecule has 0 atom stereocenters. The van der Waals surface area contributed by atoms with E-state index in [4.69, 9.17) is 11.1 Å². The van der Waals surface area contributed by atoms with Crippen molar-refractivity contribution >= 4 is 5.84 Å². The molecule has 1 aliphatic heterocycles. The number of nitrogens with one attached hydrogen (secondary N) is 2. The third kappa shape index (κ3) is 1.93. The summed E-state index contributed by atoms with van der Waals surface area (Å²) in [5, 5.41) is 9.37. The lowest BCUT2D eigenvalue weighted by molar-refractivity contribution is 0.0125. The molecule has 3 nitrogen and oxygen atoms in total. The van der Waals surface area contributed by atoms with E-state index >= 15 is 0 Å². The maximum Gasteiger partial charge on any atom is 0.287 e. The Morgan fingerprint density at radius 3 is 2.83 bits per heavy atom. The van der Waals surface area contributed by atoms with E-state index < -0.39 is 5.92 Å². The molecule has 0 bridgehead atoms. The van der Waals surface area contributed by atoms with Crippen LogP contribution in [0.5, 0.6) is 0 Å². The Hall–Kier alpha value is -1.13. The highest BCUT2D eigenvalue weighted by molar-refractivity contribution is 5.89. The Balaban J connectivity index is 2.79. The van der Waals surface area contributed by atoms with Gasteiger partial charge in [0.25, 0.3) is 5.92 Å².